The number of likely N-dealkylation sites (tertiary alicyclic amines) is 2. The van der Waals surface area contributed by atoms with Crippen LogP contribution in [0.3, 0.4) is 0 Å². The molecule has 27 heavy (non-hydrogen) atoms. The van der Waals surface area contributed by atoms with Crippen LogP contribution in [-0.2, 0) is 20.1 Å². The van der Waals surface area contributed by atoms with Gasteiger partial charge in [-0.3, -0.25) is 9.80 Å². The van der Waals surface area contributed by atoms with E-state index in [1.54, 1.807) is 12.1 Å². The van der Waals surface area contributed by atoms with Crippen molar-refractivity contribution in [2.24, 2.45) is 7.05 Å². The van der Waals surface area contributed by atoms with E-state index in [9.17, 15) is 4.39 Å². The molecule has 2 aliphatic rings. The van der Waals surface area contributed by atoms with Gasteiger partial charge in [-0.15, -0.1) is 10.2 Å². The molecule has 2 fully saturated rings. The molecular formula is C21H30FN5. The van der Waals surface area contributed by atoms with E-state index < -0.39 is 0 Å². The van der Waals surface area contributed by atoms with Crippen molar-refractivity contribution >= 4 is 0 Å². The second-order valence-corrected chi connectivity index (χ2v) is 8.07. The summed E-state index contributed by atoms with van der Waals surface area (Å²) in [5, 5.41) is 9.07. The third-order valence-corrected chi connectivity index (χ3v) is 5.98. The van der Waals surface area contributed by atoms with Gasteiger partial charge in [0, 0.05) is 26.1 Å². The van der Waals surface area contributed by atoms with Crippen LogP contribution in [0.1, 0.15) is 55.2 Å². The van der Waals surface area contributed by atoms with Crippen molar-refractivity contribution in [2.45, 2.75) is 51.1 Å². The predicted octanol–water partition coefficient (Wildman–Crippen LogP) is 3.32. The Kier molecular flexibility index (Phi) is 5.83. The van der Waals surface area contributed by atoms with Gasteiger partial charge in [-0.2, -0.15) is 0 Å². The zero-order valence-corrected chi connectivity index (χ0v) is 16.3. The number of hydrogen-bond acceptors (Lipinski definition) is 4. The molecule has 2 aromatic rings. The minimum Gasteiger partial charge on any atom is -0.317 e. The van der Waals surface area contributed by atoms with Crippen LogP contribution in [0.2, 0.25) is 0 Å². The zero-order valence-electron chi connectivity index (χ0n) is 16.3. The van der Waals surface area contributed by atoms with Gasteiger partial charge in [-0.25, -0.2) is 4.39 Å². The molecule has 3 heterocycles. The molecule has 2 saturated heterocycles. The summed E-state index contributed by atoms with van der Waals surface area (Å²) in [4.78, 5) is 4.91. The summed E-state index contributed by atoms with van der Waals surface area (Å²) in [6.45, 7) is 6.08. The van der Waals surface area contributed by atoms with E-state index in [0.29, 0.717) is 5.92 Å². The van der Waals surface area contributed by atoms with E-state index in [1.807, 2.05) is 6.07 Å². The summed E-state index contributed by atoms with van der Waals surface area (Å²) in [5.74, 6) is 2.43. The van der Waals surface area contributed by atoms with Crippen molar-refractivity contribution in [3.63, 3.8) is 0 Å². The van der Waals surface area contributed by atoms with Crippen molar-refractivity contribution in [1.29, 1.82) is 0 Å². The summed E-state index contributed by atoms with van der Waals surface area (Å²) in [6, 6.07) is 6.95. The fraction of sp³-hybridized carbons (Fsp3) is 0.619. The molecule has 0 N–H and O–H groups in total. The van der Waals surface area contributed by atoms with Crippen LogP contribution in [0, 0.1) is 5.82 Å². The Bertz CT molecular complexity index is 753. The van der Waals surface area contributed by atoms with Gasteiger partial charge < -0.3 is 4.57 Å². The molecule has 2 aliphatic heterocycles. The largest absolute Gasteiger partial charge is 0.317 e. The molecule has 146 valence electrons. The van der Waals surface area contributed by atoms with Crippen molar-refractivity contribution in [3.05, 3.63) is 47.3 Å². The molecular weight excluding hydrogens is 341 g/mol. The number of benzene rings is 1. The topological polar surface area (TPSA) is 37.2 Å². The number of rotatable bonds is 5. The molecule has 0 amide bonds. The lowest BCUT2D eigenvalue weighted by molar-refractivity contribution is 0.194. The van der Waals surface area contributed by atoms with Gasteiger partial charge in [-0.05, 0) is 63.0 Å². The first-order valence-corrected chi connectivity index (χ1v) is 10.3. The van der Waals surface area contributed by atoms with Gasteiger partial charge in [0.25, 0.3) is 0 Å². The molecule has 1 unspecified atom stereocenters. The zero-order chi connectivity index (χ0) is 18.6. The Morgan fingerprint density at radius 3 is 2.63 bits per heavy atom. The molecule has 5 nitrogen and oxygen atoms in total. The Labute approximate surface area is 161 Å². The lowest BCUT2D eigenvalue weighted by Crippen LogP contribution is -2.35. The molecule has 0 bridgehead atoms. The fourth-order valence-electron chi connectivity index (χ4n) is 4.49. The van der Waals surface area contributed by atoms with E-state index in [0.717, 1.165) is 56.2 Å². The number of halogens is 1. The quantitative estimate of drug-likeness (QED) is 0.808. The number of aromatic nitrogens is 3. The Morgan fingerprint density at radius 2 is 1.81 bits per heavy atom. The standard InChI is InChI=1S/C21H30FN5/c1-25-20(16-26-10-3-2-4-11-26)23-24-21(25)18-8-6-12-27(15-18)14-17-7-5-9-19(22)13-17/h5,7,9,13,18H,2-4,6,8,10-12,14-16H2,1H3. The molecule has 0 aliphatic carbocycles. The fourth-order valence-corrected chi connectivity index (χ4v) is 4.49. The average molecular weight is 372 g/mol. The second-order valence-electron chi connectivity index (χ2n) is 8.07. The lowest BCUT2D eigenvalue weighted by Gasteiger charge is -2.32. The molecule has 0 spiro atoms. The second kappa shape index (κ2) is 8.48. The monoisotopic (exact) mass is 371 g/mol. The Morgan fingerprint density at radius 1 is 1.00 bits per heavy atom. The Hall–Kier alpha value is -1.79. The summed E-state index contributed by atoms with van der Waals surface area (Å²) >= 11 is 0. The van der Waals surface area contributed by atoms with Gasteiger partial charge in [0.2, 0.25) is 0 Å². The minimum atomic E-state index is -0.156. The van der Waals surface area contributed by atoms with E-state index in [4.69, 9.17) is 0 Å². The SMILES string of the molecule is Cn1c(CN2CCCCC2)nnc1C1CCCN(Cc2cccc(F)c2)C1. The van der Waals surface area contributed by atoms with Gasteiger partial charge >= 0.3 is 0 Å². The van der Waals surface area contributed by atoms with Crippen LogP contribution < -0.4 is 0 Å². The van der Waals surface area contributed by atoms with E-state index in [-0.39, 0.29) is 5.82 Å². The van der Waals surface area contributed by atoms with Gasteiger partial charge in [0.05, 0.1) is 6.54 Å². The number of piperidine rings is 2. The minimum absolute atomic E-state index is 0.156. The molecule has 0 radical (unpaired) electrons. The summed E-state index contributed by atoms with van der Waals surface area (Å²) in [6.07, 6.45) is 6.23. The van der Waals surface area contributed by atoms with Crippen molar-refractivity contribution < 1.29 is 4.39 Å². The first-order valence-electron chi connectivity index (χ1n) is 10.3. The maximum atomic E-state index is 13.5. The lowest BCUT2D eigenvalue weighted by atomic mass is 9.96. The molecule has 1 aromatic carbocycles. The first kappa shape index (κ1) is 18.6. The van der Waals surface area contributed by atoms with Gasteiger partial charge in [0.15, 0.2) is 0 Å². The van der Waals surface area contributed by atoms with Crippen molar-refractivity contribution in [1.82, 2.24) is 24.6 Å². The van der Waals surface area contributed by atoms with Gasteiger partial charge in [0.1, 0.15) is 17.5 Å². The highest BCUT2D eigenvalue weighted by Gasteiger charge is 2.26. The number of nitrogens with zero attached hydrogens (tertiary/aromatic N) is 5. The molecule has 0 saturated carbocycles. The van der Waals surface area contributed by atoms with Gasteiger partial charge in [-0.1, -0.05) is 18.6 Å². The molecule has 1 aromatic heterocycles. The first-order chi connectivity index (χ1) is 13.2. The van der Waals surface area contributed by atoms with E-state index in [1.165, 1.54) is 38.4 Å². The average Bonchev–Trinajstić information content (AvgIpc) is 3.03. The highest BCUT2D eigenvalue weighted by Crippen LogP contribution is 2.27. The summed E-state index contributed by atoms with van der Waals surface area (Å²) < 4.78 is 15.7. The highest BCUT2D eigenvalue weighted by atomic mass is 19.1. The van der Waals surface area contributed by atoms with Crippen LogP contribution in [0.25, 0.3) is 0 Å². The van der Waals surface area contributed by atoms with Crippen LogP contribution in [-0.4, -0.2) is 50.7 Å². The molecule has 1 atom stereocenters. The van der Waals surface area contributed by atoms with Crippen LogP contribution in [0.4, 0.5) is 4.39 Å². The number of hydrogen-bond donors (Lipinski definition) is 0. The molecule has 6 heteroatoms. The third kappa shape index (κ3) is 4.55. The van der Waals surface area contributed by atoms with E-state index >= 15 is 0 Å². The maximum absolute atomic E-state index is 13.5. The van der Waals surface area contributed by atoms with E-state index in [2.05, 4.69) is 31.6 Å². The summed E-state index contributed by atoms with van der Waals surface area (Å²) in [5.41, 5.74) is 1.04. The Balaban J connectivity index is 1.40. The smallest absolute Gasteiger partial charge is 0.146 e. The van der Waals surface area contributed by atoms with Crippen molar-refractivity contribution in [2.75, 3.05) is 26.2 Å². The van der Waals surface area contributed by atoms with Crippen molar-refractivity contribution in [3.8, 4) is 0 Å². The summed E-state index contributed by atoms with van der Waals surface area (Å²) in [7, 11) is 2.11. The van der Waals surface area contributed by atoms with Crippen LogP contribution in [0.5, 0.6) is 0 Å². The normalized spacial score (nSPS) is 22.2. The third-order valence-electron chi connectivity index (χ3n) is 5.98. The van der Waals surface area contributed by atoms with Crippen LogP contribution >= 0.6 is 0 Å². The highest BCUT2D eigenvalue weighted by molar-refractivity contribution is 5.16. The predicted molar refractivity (Wildman–Crippen MR) is 104 cm³/mol. The molecule has 4 rings (SSSR count). The van der Waals surface area contributed by atoms with Crippen LogP contribution in [0.15, 0.2) is 24.3 Å². The maximum Gasteiger partial charge on any atom is 0.146 e.